The van der Waals surface area contributed by atoms with Gasteiger partial charge in [0.15, 0.2) is 0 Å². The van der Waals surface area contributed by atoms with Crippen LogP contribution in [0.2, 0.25) is 0 Å². The zero-order valence-electron chi connectivity index (χ0n) is 15.2. The van der Waals surface area contributed by atoms with Crippen LogP contribution < -0.4 is 10.5 Å². The number of esters is 1. The predicted octanol–water partition coefficient (Wildman–Crippen LogP) is 2.95. The Morgan fingerprint density at radius 1 is 1.07 bits per heavy atom. The number of nitrogens with one attached hydrogen (secondary N) is 1. The molecule has 0 saturated heterocycles. The van der Waals surface area contributed by atoms with Gasteiger partial charge in [-0.05, 0) is 43.4 Å². The van der Waals surface area contributed by atoms with Crippen molar-refractivity contribution in [1.29, 1.82) is 0 Å². The summed E-state index contributed by atoms with van der Waals surface area (Å²) in [5.74, 6) is -0.364. The highest BCUT2D eigenvalue weighted by Crippen LogP contribution is 2.29. The number of benzene rings is 2. The lowest BCUT2D eigenvalue weighted by Gasteiger charge is -2.27. The van der Waals surface area contributed by atoms with Gasteiger partial charge in [-0.25, -0.2) is 13.1 Å². The summed E-state index contributed by atoms with van der Waals surface area (Å²) in [5, 5.41) is 0. The first kappa shape index (κ1) is 19.4. The molecule has 0 bridgehead atoms. The van der Waals surface area contributed by atoms with Crippen molar-refractivity contribution in [1.82, 2.24) is 4.72 Å². The quantitative estimate of drug-likeness (QED) is 0.606. The van der Waals surface area contributed by atoms with Crippen LogP contribution >= 0.6 is 0 Å². The number of hydrogen-bond donors (Lipinski definition) is 2. The zero-order valence-corrected chi connectivity index (χ0v) is 16.0. The number of hydrogen-bond acceptors (Lipinski definition) is 5. The highest BCUT2D eigenvalue weighted by Gasteiger charge is 2.29. The smallest absolute Gasteiger partial charge is 0.308 e. The molecule has 0 heterocycles. The third-order valence-electron chi connectivity index (χ3n) is 5.00. The molecule has 1 aliphatic rings. The molecule has 144 valence electrons. The molecule has 0 amide bonds. The fraction of sp³-hybridized carbons (Fsp3) is 0.350. The van der Waals surface area contributed by atoms with Gasteiger partial charge in [-0.1, -0.05) is 36.4 Å². The number of carbonyl (C=O) groups is 1. The molecule has 2 aromatic carbocycles. The van der Waals surface area contributed by atoms with E-state index in [0.29, 0.717) is 31.4 Å². The topological polar surface area (TPSA) is 98.5 Å². The van der Waals surface area contributed by atoms with Crippen LogP contribution in [-0.2, 0) is 19.6 Å². The summed E-state index contributed by atoms with van der Waals surface area (Å²) in [6, 6.07) is 14.2. The first-order valence-corrected chi connectivity index (χ1v) is 10.4. The minimum atomic E-state index is -3.67. The van der Waals surface area contributed by atoms with E-state index in [2.05, 4.69) is 4.72 Å². The van der Waals surface area contributed by atoms with Gasteiger partial charge in [-0.2, -0.15) is 0 Å². The summed E-state index contributed by atoms with van der Waals surface area (Å²) < 4.78 is 32.9. The molecule has 7 heteroatoms. The third-order valence-corrected chi connectivity index (χ3v) is 6.52. The Balaban J connectivity index is 1.71. The van der Waals surface area contributed by atoms with E-state index >= 15 is 0 Å². The Bertz CT molecular complexity index is 905. The number of nitrogen functional groups attached to an aromatic ring is 1. The fourth-order valence-corrected chi connectivity index (χ4v) is 4.83. The van der Waals surface area contributed by atoms with Gasteiger partial charge in [0, 0.05) is 17.3 Å². The molecule has 27 heavy (non-hydrogen) atoms. The second kappa shape index (κ2) is 8.10. The lowest BCUT2D eigenvalue weighted by molar-refractivity contribution is -0.146. The summed E-state index contributed by atoms with van der Waals surface area (Å²) >= 11 is 0. The van der Waals surface area contributed by atoms with Crippen molar-refractivity contribution in [2.45, 2.75) is 36.6 Å². The largest absolute Gasteiger partial charge is 0.469 e. The fourth-order valence-electron chi connectivity index (χ4n) is 3.49. The molecule has 3 rings (SSSR count). The van der Waals surface area contributed by atoms with Crippen LogP contribution in [0.5, 0.6) is 0 Å². The highest BCUT2D eigenvalue weighted by atomic mass is 32.2. The Kier molecular flexibility index (Phi) is 5.82. The van der Waals surface area contributed by atoms with Gasteiger partial charge >= 0.3 is 5.97 Å². The highest BCUT2D eigenvalue weighted by molar-refractivity contribution is 7.89. The molecule has 2 aromatic rings. The van der Waals surface area contributed by atoms with Gasteiger partial charge in [0.1, 0.15) is 0 Å². The summed E-state index contributed by atoms with van der Waals surface area (Å²) in [5.41, 5.74) is 8.26. The van der Waals surface area contributed by atoms with Crippen LogP contribution in [0, 0.1) is 5.92 Å². The molecule has 6 nitrogen and oxygen atoms in total. The van der Waals surface area contributed by atoms with Gasteiger partial charge < -0.3 is 10.5 Å². The van der Waals surface area contributed by atoms with Crippen LogP contribution in [0.1, 0.15) is 25.7 Å². The van der Waals surface area contributed by atoms with Gasteiger partial charge in [0.2, 0.25) is 10.0 Å². The third kappa shape index (κ3) is 4.48. The Morgan fingerprint density at radius 2 is 1.74 bits per heavy atom. The normalized spacial score (nSPS) is 20.2. The predicted molar refractivity (Wildman–Crippen MR) is 104 cm³/mol. The Hall–Kier alpha value is -2.38. The molecule has 0 aromatic heterocycles. The number of nitrogens with two attached hydrogens (primary N) is 1. The maximum Gasteiger partial charge on any atom is 0.308 e. The lowest BCUT2D eigenvalue weighted by Crippen LogP contribution is -2.38. The van der Waals surface area contributed by atoms with Gasteiger partial charge in [-0.3, -0.25) is 4.79 Å². The average Bonchev–Trinajstić information content (AvgIpc) is 2.68. The van der Waals surface area contributed by atoms with E-state index in [9.17, 15) is 13.2 Å². The SMILES string of the molecule is COC(=O)[C@H]1CC[C@H](NS(=O)(=O)c2ccc(-c3ccccc3)c(N)c2)CC1. The summed E-state index contributed by atoms with van der Waals surface area (Å²) in [6.07, 6.45) is 2.46. The minimum absolute atomic E-state index is 0.142. The second-order valence-electron chi connectivity index (χ2n) is 6.81. The van der Waals surface area contributed by atoms with Crippen molar-refractivity contribution in [3.05, 3.63) is 48.5 Å². The second-order valence-corrected chi connectivity index (χ2v) is 8.52. The van der Waals surface area contributed by atoms with Crippen molar-refractivity contribution in [2.75, 3.05) is 12.8 Å². The number of methoxy groups -OCH3 is 1. The van der Waals surface area contributed by atoms with Gasteiger partial charge in [0.05, 0.1) is 17.9 Å². The number of carbonyl (C=O) groups excluding carboxylic acids is 1. The summed E-state index contributed by atoms with van der Waals surface area (Å²) in [4.78, 5) is 11.7. The van der Waals surface area contributed by atoms with Crippen molar-refractivity contribution in [3.63, 3.8) is 0 Å². The summed E-state index contributed by atoms with van der Waals surface area (Å²) in [6.45, 7) is 0. The molecule has 0 aliphatic heterocycles. The van der Waals surface area contributed by atoms with E-state index in [-0.39, 0.29) is 22.8 Å². The van der Waals surface area contributed by atoms with Crippen molar-refractivity contribution in [3.8, 4) is 11.1 Å². The van der Waals surface area contributed by atoms with Crippen LogP contribution in [0.15, 0.2) is 53.4 Å². The Morgan fingerprint density at radius 3 is 2.33 bits per heavy atom. The Labute approximate surface area is 159 Å². The number of anilines is 1. The van der Waals surface area contributed by atoms with Crippen LogP contribution in [0.3, 0.4) is 0 Å². The molecular weight excluding hydrogens is 364 g/mol. The maximum absolute atomic E-state index is 12.7. The minimum Gasteiger partial charge on any atom is -0.469 e. The van der Waals surface area contributed by atoms with E-state index in [0.717, 1.165) is 11.1 Å². The molecule has 1 saturated carbocycles. The molecular formula is C20H24N2O4S. The average molecular weight is 388 g/mol. The summed E-state index contributed by atoms with van der Waals surface area (Å²) in [7, 11) is -2.30. The molecule has 0 radical (unpaired) electrons. The molecule has 0 unspecified atom stereocenters. The van der Waals surface area contributed by atoms with Crippen LogP contribution in [-0.4, -0.2) is 27.5 Å². The van der Waals surface area contributed by atoms with E-state index in [1.54, 1.807) is 12.1 Å². The van der Waals surface area contributed by atoms with Crippen molar-refractivity contribution < 1.29 is 17.9 Å². The monoisotopic (exact) mass is 388 g/mol. The zero-order chi connectivity index (χ0) is 19.4. The van der Waals surface area contributed by atoms with E-state index < -0.39 is 10.0 Å². The van der Waals surface area contributed by atoms with Crippen molar-refractivity contribution >= 4 is 21.7 Å². The number of sulfonamides is 1. The van der Waals surface area contributed by atoms with Crippen LogP contribution in [0.4, 0.5) is 5.69 Å². The standard InChI is InChI=1S/C20H24N2O4S/c1-26-20(23)15-7-9-16(10-8-15)22-27(24,25)17-11-12-18(19(21)13-17)14-5-3-2-4-6-14/h2-6,11-13,15-16,22H,7-10,21H2,1H3/t15-,16-. The van der Waals surface area contributed by atoms with Crippen molar-refractivity contribution in [2.24, 2.45) is 5.92 Å². The van der Waals surface area contributed by atoms with Crippen LogP contribution in [0.25, 0.3) is 11.1 Å². The van der Waals surface area contributed by atoms with Gasteiger partial charge in [0.25, 0.3) is 0 Å². The molecule has 0 atom stereocenters. The maximum atomic E-state index is 12.7. The lowest BCUT2D eigenvalue weighted by atomic mass is 9.86. The van der Waals surface area contributed by atoms with Gasteiger partial charge in [-0.15, -0.1) is 0 Å². The molecule has 1 fully saturated rings. The first-order chi connectivity index (χ1) is 12.9. The van der Waals surface area contributed by atoms with E-state index in [1.165, 1.54) is 13.2 Å². The molecule has 0 spiro atoms. The van der Waals surface area contributed by atoms with E-state index in [1.807, 2.05) is 30.3 Å². The molecule has 3 N–H and O–H groups in total. The number of ether oxygens (including phenoxy) is 1. The number of rotatable bonds is 5. The molecule has 1 aliphatic carbocycles. The van der Waals surface area contributed by atoms with E-state index in [4.69, 9.17) is 10.5 Å². The first-order valence-electron chi connectivity index (χ1n) is 8.96.